The fourth-order valence-corrected chi connectivity index (χ4v) is 2.09. The lowest BCUT2D eigenvalue weighted by molar-refractivity contribution is -0.131. The van der Waals surface area contributed by atoms with Crippen molar-refractivity contribution >= 4 is 35.0 Å². The van der Waals surface area contributed by atoms with Crippen LogP contribution in [0.3, 0.4) is 0 Å². The van der Waals surface area contributed by atoms with Gasteiger partial charge in [0.25, 0.3) is 0 Å². The first-order valence-corrected chi connectivity index (χ1v) is 6.52. The van der Waals surface area contributed by atoms with Crippen LogP contribution in [-0.4, -0.2) is 11.8 Å². The normalized spacial score (nSPS) is 10.2. The summed E-state index contributed by atoms with van der Waals surface area (Å²) in [6, 6.07) is 11.2. The second-order valence-electron chi connectivity index (χ2n) is 4.05. The smallest absolute Gasteiger partial charge is 0.308 e. The van der Waals surface area contributed by atoms with Crippen LogP contribution in [-0.2, 0) is 4.79 Å². The summed E-state index contributed by atoms with van der Waals surface area (Å²) in [5.74, 6) is -0.427. The van der Waals surface area contributed by atoms with Crippen LogP contribution >= 0.6 is 23.2 Å². The molecule has 0 aliphatic rings. The molecule has 3 nitrogen and oxygen atoms in total. The molecule has 0 aromatic heterocycles. The minimum absolute atomic E-state index is 0.206. The Morgan fingerprint density at radius 1 is 1.05 bits per heavy atom. The number of carbonyl (C=O) groups is 2. The molecule has 2 rings (SSSR count). The largest absolute Gasteiger partial charge is 0.427 e. The summed E-state index contributed by atoms with van der Waals surface area (Å²) in [6.45, 7) is 1.29. The number of esters is 1. The van der Waals surface area contributed by atoms with E-state index in [4.69, 9.17) is 27.9 Å². The molecule has 0 unspecified atom stereocenters. The topological polar surface area (TPSA) is 43.4 Å². The predicted molar refractivity (Wildman–Crippen MR) is 77.6 cm³/mol. The van der Waals surface area contributed by atoms with E-state index in [1.54, 1.807) is 36.4 Å². The summed E-state index contributed by atoms with van der Waals surface area (Å²) in [5.41, 5.74) is 0.673. The summed E-state index contributed by atoms with van der Waals surface area (Å²) in [7, 11) is 0. The fraction of sp³-hybridized carbons (Fsp3) is 0.0667. The zero-order valence-corrected chi connectivity index (χ0v) is 12.0. The number of rotatable bonds is 3. The summed E-state index contributed by atoms with van der Waals surface area (Å²) >= 11 is 11.9. The first-order chi connectivity index (χ1) is 9.49. The zero-order chi connectivity index (χ0) is 14.7. The quantitative estimate of drug-likeness (QED) is 0.486. The standard InChI is InChI=1S/C15H10Cl2O3/c1-9(18)20-11-5-2-4-10(8-11)15(19)12-6-3-7-13(16)14(12)17/h2-8H,1H3. The molecule has 0 radical (unpaired) electrons. The van der Waals surface area contributed by atoms with E-state index < -0.39 is 5.97 Å². The maximum absolute atomic E-state index is 12.4. The molecule has 0 amide bonds. The highest BCUT2D eigenvalue weighted by Crippen LogP contribution is 2.28. The Morgan fingerprint density at radius 3 is 2.45 bits per heavy atom. The molecule has 0 atom stereocenters. The van der Waals surface area contributed by atoms with Gasteiger partial charge in [0.05, 0.1) is 10.0 Å². The SMILES string of the molecule is CC(=O)Oc1cccc(C(=O)c2cccc(Cl)c2Cl)c1. The average molecular weight is 309 g/mol. The second kappa shape index (κ2) is 6.07. The van der Waals surface area contributed by atoms with Crippen LogP contribution in [0.2, 0.25) is 10.0 Å². The van der Waals surface area contributed by atoms with Gasteiger partial charge in [0.1, 0.15) is 5.75 Å². The molecule has 0 spiro atoms. The van der Waals surface area contributed by atoms with Crippen molar-refractivity contribution in [3.63, 3.8) is 0 Å². The van der Waals surface area contributed by atoms with Gasteiger partial charge in [-0.2, -0.15) is 0 Å². The Morgan fingerprint density at radius 2 is 1.75 bits per heavy atom. The van der Waals surface area contributed by atoms with Gasteiger partial charge in [-0.05, 0) is 24.3 Å². The van der Waals surface area contributed by atoms with Gasteiger partial charge in [-0.25, -0.2) is 0 Å². The minimum Gasteiger partial charge on any atom is -0.427 e. The monoisotopic (exact) mass is 308 g/mol. The number of ether oxygens (including phenoxy) is 1. The number of benzene rings is 2. The molecular weight excluding hydrogens is 299 g/mol. The first kappa shape index (κ1) is 14.6. The van der Waals surface area contributed by atoms with E-state index in [0.717, 1.165) is 0 Å². The fourth-order valence-electron chi connectivity index (χ4n) is 1.70. The number of hydrogen-bond donors (Lipinski definition) is 0. The van der Waals surface area contributed by atoms with Gasteiger partial charge in [0.2, 0.25) is 0 Å². The maximum atomic E-state index is 12.4. The van der Waals surface area contributed by atoms with Gasteiger partial charge in [-0.1, -0.05) is 41.4 Å². The van der Waals surface area contributed by atoms with E-state index in [1.807, 2.05) is 0 Å². The van der Waals surface area contributed by atoms with Crippen LogP contribution < -0.4 is 4.74 Å². The van der Waals surface area contributed by atoms with Crippen LogP contribution in [0, 0.1) is 0 Å². The number of carbonyl (C=O) groups excluding carboxylic acids is 2. The summed E-state index contributed by atoms with van der Waals surface area (Å²) in [4.78, 5) is 23.3. The number of ketones is 1. The third kappa shape index (κ3) is 3.18. The minimum atomic E-state index is -0.449. The van der Waals surface area contributed by atoms with Gasteiger partial charge in [-0.3, -0.25) is 9.59 Å². The van der Waals surface area contributed by atoms with Gasteiger partial charge >= 0.3 is 5.97 Å². The van der Waals surface area contributed by atoms with Gasteiger partial charge in [0, 0.05) is 18.1 Å². The third-order valence-corrected chi connectivity index (χ3v) is 3.37. The second-order valence-corrected chi connectivity index (χ2v) is 4.84. The van der Waals surface area contributed by atoms with Crippen LogP contribution in [0.5, 0.6) is 5.75 Å². The molecule has 0 fully saturated rings. The first-order valence-electron chi connectivity index (χ1n) is 5.76. The Labute approximate surface area is 126 Å². The van der Waals surface area contributed by atoms with Crippen molar-refractivity contribution in [3.05, 3.63) is 63.6 Å². The molecule has 0 N–H and O–H groups in total. The zero-order valence-electron chi connectivity index (χ0n) is 10.5. The molecule has 0 saturated carbocycles. The van der Waals surface area contributed by atoms with E-state index in [1.165, 1.54) is 13.0 Å². The van der Waals surface area contributed by atoms with Gasteiger partial charge in [-0.15, -0.1) is 0 Å². The molecule has 2 aromatic carbocycles. The molecule has 0 heterocycles. The average Bonchev–Trinajstić information content (AvgIpc) is 2.41. The third-order valence-electron chi connectivity index (χ3n) is 2.55. The molecule has 0 aliphatic heterocycles. The molecule has 2 aromatic rings. The highest BCUT2D eigenvalue weighted by molar-refractivity contribution is 6.44. The Bertz CT molecular complexity index is 681. The van der Waals surface area contributed by atoms with Crippen molar-refractivity contribution in [2.75, 3.05) is 0 Å². The van der Waals surface area contributed by atoms with E-state index in [-0.39, 0.29) is 10.8 Å². The lowest BCUT2D eigenvalue weighted by Crippen LogP contribution is -2.05. The van der Waals surface area contributed by atoms with Crippen LogP contribution in [0.4, 0.5) is 0 Å². The molecule has 5 heteroatoms. The van der Waals surface area contributed by atoms with Crippen LogP contribution in [0.1, 0.15) is 22.8 Å². The van der Waals surface area contributed by atoms with Crippen molar-refractivity contribution in [1.82, 2.24) is 0 Å². The van der Waals surface area contributed by atoms with E-state index in [2.05, 4.69) is 0 Å². The van der Waals surface area contributed by atoms with Crippen LogP contribution in [0.25, 0.3) is 0 Å². The maximum Gasteiger partial charge on any atom is 0.308 e. The van der Waals surface area contributed by atoms with Crippen LogP contribution in [0.15, 0.2) is 42.5 Å². The Balaban J connectivity index is 2.38. The summed E-state index contributed by atoms with van der Waals surface area (Å²) in [5, 5.41) is 0.519. The Kier molecular flexibility index (Phi) is 4.42. The lowest BCUT2D eigenvalue weighted by atomic mass is 10.0. The molecular formula is C15H10Cl2O3. The van der Waals surface area contributed by atoms with E-state index in [9.17, 15) is 9.59 Å². The van der Waals surface area contributed by atoms with E-state index >= 15 is 0 Å². The number of halogens is 2. The van der Waals surface area contributed by atoms with Crippen molar-refractivity contribution in [2.24, 2.45) is 0 Å². The highest BCUT2D eigenvalue weighted by Gasteiger charge is 2.15. The summed E-state index contributed by atoms with van der Waals surface area (Å²) < 4.78 is 4.94. The summed E-state index contributed by atoms with van der Waals surface area (Å²) in [6.07, 6.45) is 0. The van der Waals surface area contributed by atoms with Crippen molar-refractivity contribution < 1.29 is 14.3 Å². The van der Waals surface area contributed by atoms with Crippen molar-refractivity contribution in [3.8, 4) is 5.75 Å². The Hall–Kier alpha value is -1.84. The molecule has 102 valence electrons. The highest BCUT2D eigenvalue weighted by atomic mass is 35.5. The van der Waals surface area contributed by atoms with Crippen molar-refractivity contribution in [2.45, 2.75) is 6.92 Å². The van der Waals surface area contributed by atoms with Gasteiger partial charge < -0.3 is 4.74 Å². The van der Waals surface area contributed by atoms with Gasteiger partial charge in [0.15, 0.2) is 5.78 Å². The van der Waals surface area contributed by atoms with E-state index in [0.29, 0.717) is 21.9 Å². The number of hydrogen-bond acceptors (Lipinski definition) is 3. The van der Waals surface area contributed by atoms with Crippen molar-refractivity contribution in [1.29, 1.82) is 0 Å². The molecule has 0 bridgehead atoms. The lowest BCUT2D eigenvalue weighted by Gasteiger charge is -2.07. The molecule has 20 heavy (non-hydrogen) atoms. The molecule has 0 aliphatic carbocycles. The molecule has 0 saturated heterocycles. The predicted octanol–water partition coefficient (Wildman–Crippen LogP) is 4.15.